The summed E-state index contributed by atoms with van der Waals surface area (Å²) in [5, 5.41) is 1.88. The Kier molecular flexibility index (Phi) is 7.23. The van der Waals surface area contributed by atoms with Gasteiger partial charge in [0.25, 0.3) is 0 Å². The number of methoxy groups -OCH3 is 2. The van der Waals surface area contributed by atoms with Crippen molar-refractivity contribution in [2.45, 2.75) is 19.8 Å². The fraction of sp³-hybridized carbons (Fsp3) is 0.192. The Morgan fingerprint density at radius 3 is 1.97 bits per heavy atom. The molecule has 4 aromatic rings. The number of ether oxygens (including phenoxy) is 3. The summed E-state index contributed by atoms with van der Waals surface area (Å²) in [5.74, 6) is 1.06. The summed E-state index contributed by atoms with van der Waals surface area (Å²) >= 11 is 12.0. The Morgan fingerprint density at radius 2 is 1.36 bits per heavy atom. The average Bonchev–Trinajstić information content (AvgIpc) is 2.83. The highest BCUT2D eigenvalue weighted by Gasteiger charge is 2.15. The van der Waals surface area contributed by atoms with Crippen LogP contribution < -0.4 is 14.9 Å². The second kappa shape index (κ2) is 10.3. The molecule has 0 saturated carbocycles. The van der Waals surface area contributed by atoms with Gasteiger partial charge in [-0.3, -0.25) is 4.79 Å². The standard InChI is InChI=1S/C26H23Cl2NO4/c1-31-24-11-22-23(12-25(24)32-2)29(13-17-3-7-20(27)8-4-17)14-19(26(22)30)16-33-15-18-5-9-21(28)10-6-18/h3-12,14H,13,15-16H2,1-2H3. The highest BCUT2D eigenvalue weighted by molar-refractivity contribution is 6.30. The SMILES string of the molecule is COc1cc2c(=O)c(COCc3ccc(Cl)cc3)cn(Cc3ccc(Cl)cc3)c2cc1OC. The van der Waals surface area contributed by atoms with Crippen LogP contribution in [0.5, 0.6) is 11.5 Å². The first kappa shape index (κ1) is 23.2. The molecule has 0 amide bonds. The molecule has 0 unspecified atom stereocenters. The number of hydrogen-bond donors (Lipinski definition) is 0. The Balaban J connectivity index is 1.72. The Hall–Kier alpha value is -2.99. The molecule has 0 aliphatic heterocycles. The van der Waals surface area contributed by atoms with Gasteiger partial charge in [0.2, 0.25) is 0 Å². The van der Waals surface area contributed by atoms with Crippen LogP contribution in [0.25, 0.3) is 10.9 Å². The van der Waals surface area contributed by atoms with E-state index in [1.54, 1.807) is 20.3 Å². The summed E-state index contributed by atoms with van der Waals surface area (Å²) in [6.07, 6.45) is 1.84. The lowest BCUT2D eigenvalue weighted by Crippen LogP contribution is -2.17. The van der Waals surface area contributed by atoms with E-state index in [0.29, 0.717) is 45.6 Å². The van der Waals surface area contributed by atoms with Crippen LogP contribution in [0.1, 0.15) is 16.7 Å². The zero-order valence-corrected chi connectivity index (χ0v) is 19.8. The zero-order valence-electron chi connectivity index (χ0n) is 18.3. The minimum Gasteiger partial charge on any atom is -0.493 e. The molecular weight excluding hydrogens is 461 g/mol. The number of aromatic nitrogens is 1. The van der Waals surface area contributed by atoms with E-state index in [-0.39, 0.29) is 12.0 Å². The van der Waals surface area contributed by atoms with Gasteiger partial charge in [-0.1, -0.05) is 47.5 Å². The lowest BCUT2D eigenvalue weighted by molar-refractivity contribution is 0.106. The monoisotopic (exact) mass is 483 g/mol. The first-order valence-electron chi connectivity index (χ1n) is 10.3. The lowest BCUT2D eigenvalue weighted by Gasteiger charge is -2.16. The second-order valence-corrected chi connectivity index (χ2v) is 8.45. The van der Waals surface area contributed by atoms with Crippen molar-refractivity contribution in [2.75, 3.05) is 14.2 Å². The van der Waals surface area contributed by atoms with E-state index in [1.807, 2.05) is 65.4 Å². The topological polar surface area (TPSA) is 49.7 Å². The third-order valence-corrected chi connectivity index (χ3v) is 5.87. The van der Waals surface area contributed by atoms with Crippen molar-refractivity contribution < 1.29 is 14.2 Å². The van der Waals surface area contributed by atoms with E-state index < -0.39 is 0 Å². The first-order chi connectivity index (χ1) is 16.0. The van der Waals surface area contributed by atoms with Crippen molar-refractivity contribution in [3.8, 4) is 11.5 Å². The third-order valence-electron chi connectivity index (χ3n) is 5.36. The van der Waals surface area contributed by atoms with Crippen molar-refractivity contribution in [3.05, 3.63) is 104 Å². The van der Waals surface area contributed by atoms with Gasteiger partial charge in [-0.25, -0.2) is 0 Å². The van der Waals surface area contributed by atoms with Gasteiger partial charge >= 0.3 is 0 Å². The number of rotatable bonds is 8. The lowest BCUT2D eigenvalue weighted by atomic mass is 10.1. The molecule has 170 valence electrons. The molecule has 0 spiro atoms. The van der Waals surface area contributed by atoms with E-state index in [2.05, 4.69) is 0 Å². The van der Waals surface area contributed by atoms with Gasteiger partial charge in [-0.15, -0.1) is 0 Å². The molecule has 3 aromatic carbocycles. The summed E-state index contributed by atoms with van der Waals surface area (Å²) in [7, 11) is 3.12. The van der Waals surface area contributed by atoms with Crippen LogP contribution in [0, 0.1) is 0 Å². The van der Waals surface area contributed by atoms with Crippen molar-refractivity contribution in [3.63, 3.8) is 0 Å². The minimum absolute atomic E-state index is 0.102. The summed E-state index contributed by atoms with van der Waals surface area (Å²) in [6.45, 7) is 1.09. The molecular formula is C26H23Cl2NO4. The number of benzene rings is 3. The van der Waals surface area contributed by atoms with Crippen LogP contribution in [0.4, 0.5) is 0 Å². The number of nitrogens with zero attached hydrogens (tertiary/aromatic N) is 1. The first-order valence-corrected chi connectivity index (χ1v) is 11.1. The molecule has 0 saturated heterocycles. The molecule has 0 bridgehead atoms. The van der Waals surface area contributed by atoms with Crippen molar-refractivity contribution in [2.24, 2.45) is 0 Å². The molecule has 1 heterocycles. The highest BCUT2D eigenvalue weighted by Crippen LogP contribution is 2.31. The Bertz CT molecular complexity index is 1320. The molecule has 1 aromatic heterocycles. The normalized spacial score (nSPS) is 11.0. The highest BCUT2D eigenvalue weighted by atomic mass is 35.5. The largest absolute Gasteiger partial charge is 0.493 e. The molecule has 4 rings (SSSR count). The summed E-state index contributed by atoms with van der Waals surface area (Å²) < 4.78 is 18.8. The molecule has 7 heteroatoms. The maximum absolute atomic E-state index is 13.3. The molecule has 0 aliphatic rings. The van der Waals surface area contributed by atoms with Gasteiger partial charge in [-0.05, 0) is 41.5 Å². The number of halogens is 2. The zero-order chi connectivity index (χ0) is 23.4. The van der Waals surface area contributed by atoms with E-state index in [9.17, 15) is 4.79 Å². The molecule has 0 aliphatic carbocycles. The van der Waals surface area contributed by atoms with Crippen LogP contribution in [0.2, 0.25) is 10.0 Å². The number of hydrogen-bond acceptors (Lipinski definition) is 4. The maximum atomic E-state index is 13.3. The van der Waals surface area contributed by atoms with Crippen LogP contribution in [-0.4, -0.2) is 18.8 Å². The molecule has 5 nitrogen and oxygen atoms in total. The smallest absolute Gasteiger partial charge is 0.195 e. The van der Waals surface area contributed by atoms with E-state index >= 15 is 0 Å². The molecule has 33 heavy (non-hydrogen) atoms. The van der Waals surface area contributed by atoms with Gasteiger partial charge in [0, 0.05) is 39.8 Å². The number of fused-ring (bicyclic) bond motifs is 1. The Morgan fingerprint density at radius 1 is 0.788 bits per heavy atom. The van der Waals surface area contributed by atoms with Gasteiger partial charge in [0.05, 0.1) is 33.0 Å². The quantitative estimate of drug-likeness (QED) is 0.304. The van der Waals surface area contributed by atoms with Crippen LogP contribution in [0.15, 0.2) is 71.7 Å². The minimum atomic E-state index is -0.102. The maximum Gasteiger partial charge on any atom is 0.195 e. The van der Waals surface area contributed by atoms with E-state index in [4.69, 9.17) is 37.4 Å². The number of pyridine rings is 1. The predicted octanol–water partition coefficient (Wildman–Crippen LogP) is 6.09. The molecule has 0 fully saturated rings. The van der Waals surface area contributed by atoms with Crippen molar-refractivity contribution >= 4 is 34.1 Å². The van der Waals surface area contributed by atoms with Crippen LogP contribution in [0.3, 0.4) is 0 Å². The van der Waals surface area contributed by atoms with E-state index in [1.165, 1.54) is 0 Å². The van der Waals surface area contributed by atoms with Gasteiger partial charge < -0.3 is 18.8 Å². The third kappa shape index (κ3) is 5.33. The van der Waals surface area contributed by atoms with Crippen molar-refractivity contribution in [1.29, 1.82) is 0 Å². The van der Waals surface area contributed by atoms with E-state index in [0.717, 1.165) is 16.6 Å². The van der Waals surface area contributed by atoms with Gasteiger partial charge in [0.1, 0.15) is 0 Å². The Labute approximate surface area is 202 Å². The van der Waals surface area contributed by atoms with Gasteiger partial charge in [-0.2, -0.15) is 0 Å². The van der Waals surface area contributed by atoms with Crippen LogP contribution in [-0.2, 0) is 24.5 Å². The fourth-order valence-electron chi connectivity index (χ4n) is 3.66. The summed E-state index contributed by atoms with van der Waals surface area (Å²) in [5.41, 5.74) is 3.22. The summed E-state index contributed by atoms with van der Waals surface area (Å²) in [4.78, 5) is 13.3. The molecule has 0 radical (unpaired) electrons. The molecule has 0 N–H and O–H groups in total. The average molecular weight is 484 g/mol. The molecule has 0 atom stereocenters. The van der Waals surface area contributed by atoms with Crippen LogP contribution >= 0.6 is 23.2 Å². The fourth-order valence-corrected chi connectivity index (χ4v) is 3.91. The summed E-state index contributed by atoms with van der Waals surface area (Å²) in [6, 6.07) is 18.6. The predicted molar refractivity (Wildman–Crippen MR) is 132 cm³/mol. The van der Waals surface area contributed by atoms with Gasteiger partial charge in [0.15, 0.2) is 16.9 Å². The second-order valence-electron chi connectivity index (χ2n) is 7.58. The van der Waals surface area contributed by atoms with Crippen molar-refractivity contribution in [1.82, 2.24) is 4.57 Å².